The standard InChI is InChI=1S/C19H26ClFN6O2S/c1-9-10(27(9)18(28)29-19(2,3)4)8-22-15-11-13(23-17(25-15)30-7)12(21)14(20)24-16(11)26(5)6/h9-10H,8H2,1-7H3,(H,22,23,25). The fourth-order valence-electron chi connectivity index (χ4n) is 3.15. The summed E-state index contributed by atoms with van der Waals surface area (Å²) in [5.74, 6) is 0.215. The first-order chi connectivity index (χ1) is 13.9. The molecule has 11 heteroatoms. The number of rotatable bonds is 5. The first-order valence-corrected chi connectivity index (χ1v) is 11.1. The van der Waals surface area contributed by atoms with Gasteiger partial charge in [-0.15, -0.1) is 0 Å². The lowest BCUT2D eigenvalue weighted by Gasteiger charge is -2.20. The lowest BCUT2D eigenvalue weighted by Crippen LogP contribution is -2.29. The van der Waals surface area contributed by atoms with Crippen molar-refractivity contribution in [1.82, 2.24) is 19.9 Å². The molecule has 3 heterocycles. The molecule has 2 unspecified atom stereocenters. The second-order valence-corrected chi connectivity index (χ2v) is 9.43. The Hall–Kier alpha value is -2.07. The summed E-state index contributed by atoms with van der Waals surface area (Å²) in [7, 11) is 3.57. The Labute approximate surface area is 184 Å². The smallest absolute Gasteiger partial charge is 0.410 e. The minimum Gasteiger partial charge on any atom is -0.444 e. The van der Waals surface area contributed by atoms with E-state index in [9.17, 15) is 9.18 Å². The van der Waals surface area contributed by atoms with Gasteiger partial charge in [-0.3, -0.25) is 4.90 Å². The van der Waals surface area contributed by atoms with E-state index in [0.29, 0.717) is 28.7 Å². The van der Waals surface area contributed by atoms with E-state index in [0.717, 1.165) is 0 Å². The molecule has 1 aliphatic heterocycles. The maximum absolute atomic E-state index is 14.7. The number of pyridine rings is 1. The number of hydrogen-bond acceptors (Lipinski definition) is 8. The van der Waals surface area contributed by atoms with Gasteiger partial charge >= 0.3 is 6.09 Å². The summed E-state index contributed by atoms with van der Waals surface area (Å²) < 4.78 is 20.2. The highest BCUT2D eigenvalue weighted by Gasteiger charge is 2.49. The van der Waals surface area contributed by atoms with Crippen LogP contribution in [0.3, 0.4) is 0 Å². The topological polar surface area (TPSA) is 83.3 Å². The molecule has 0 aliphatic carbocycles. The van der Waals surface area contributed by atoms with Gasteiger partial charge in [-0.2, -0.15) is 0 Å². The summed E-state index contributed by atoms with van der Waals surface area (Å²) in [6, 6.07) is -0.0337. The highest BCUT2D eigenvalue weighted by molar-refractivity contribution is 7.98. The molecule has 30 heavy (non-hydrogen) atoms. The third-order valence-corrected chi connectivity index (χ3v) is 5.46. The molecule has 0 radical (unpaired) electrons. The van der Waals surface area contributed by atoms with Crippen LogP contribution in [0.1, 0.15) is 27.7 Å². The van der Waals surface area contributed by atoms with Gasteiger partial charge in [0.15, 0.2) is 16.1 Å². The van der Waals surface area contributed by atoms with Gasteiger partial charge in [0.2, 0.25) is 0 Å². The summed E-state index contributed by atoms with van der Waals surface area (Å²) in [5.41, 5.74) is -0.454. The molecule has 0 aromatic carbocycles. The van der Waals surface area contributed by atoms with Crippen LogP contribution < -0.4 is 10.2 Å². The average molecular weight is 457 g/mol. The number of hydrogen-bond donors (Lipinski definition) is 1. The van der Waals surface area contributed by atoms with Gasteiger partial charge in [-0.05, 0) is 34.0 Å². The number of halogens is 2. The van der Waals surface area contributed by atoms with Crippen LogP contribution in [0, 0.1) is 5.82 Å². The van der Waals surface area contributed by atoms with Crippen molar-refractivity contribution in [3.8, 4) is 0 Å². The number of nitrogens with zero attached hydrogens (tertiary/aromatic N) is 5. The highest BCUT2D eigenvalue weighted by Crippen LogP contribution is 2.36. The molecule has 164 valence electrons. The number of thioether (sulfide) groups is 1. The van der Waals surface area contributed by atoms with Crippen molar-refractivity contribution in [2.45, 2.75) is 50.5 Å². The predicted molar refractivity (Wildman–Crippen MR) is 118 cm³/mol. The number of amides is 1. The summed E-state index contributed by atoms with van der Waals surface area (Å²) in [6.07, 6.45) is 1.46. The molecule has 1 fully saturated rings. The quantitative estimate of drug-likeness (QED) is 0.312. The van der Waals surface area contributed by atoms with Crippen LogP contribution in [0.5, 0.6) is 0 Å². The molecular weight excluding hydrogens is 431 g/mol. The van der Waals surface area contributed by atoms with E-state index in [1.807, 2.05) is 34.0 Å². The van der Waals surface area contributed by atoms with E-state index in [1.54, 1.807) is 23.9 Å². The number of carbonyl (C=O) groups is 1. The molecule has 0 saturated carbocycles. The second-order valence-electron chi connectivity index (χ2n) is 8.29. The van der Waals surface area contributed by atoms with E-state index in [2.05, 4.69) is 20.3 Å². The van der Waals surface area contributed by atoms with Crippen LogP contribution >= 0.6 is 23.4 Å². The van der Waals surface area contributed by atoms with E-state index >= 15 is 0 Å². The molecule has 0 bridgehead atoms. The summed E-state index contributed by atoms with van der Waals surface area (Å²) in [5, 5.41) is 3.86. The Morgan fingerprint density at radius 3 is 2.57 bits per heavy atom. The van der Waals surface area contributed by atoms with Crippen molar-refractivity contribution in [3.05, 3.63) is 11.0 Å². The Morgan fingerprint density at radius 1 is 1.33 bits per heavy atom. The third-order valence-electron chi connectivity index (χ3n) is 4.66. The number of aromatic nitrogens is 3. The second kappa shape index (κ2) is 8.22. The van der Waals surface area contributed by atoms with Crippen LogP contribution in [-0.2, 0) is 4.74 Å². The molecule has 1 N–H and O–H groups in total. The minimum atomic E-state index is -0.687. The summed E-state index contributed by atoms with van der Waals surface area (Å²) in [6.45, 7) is 7.88. The molecule has 8 nitrogen and oxygen atoms in total. The Kier molecular flexibility index (Phi) is 6.20. The van der Waals surface area contributed by atoms with Crippen molar-refractivity contribution in [2.75, 3.05) is 37.1 Å². The molecule has 1 amide bonds. The summed E-state index contributed by atoms with van der Waals surface area (Å²) in [4.78, 5) is 28.7. The molecule has 1 saturated heterocycles. The normalized spacial score (nSPS) is 18.5. The Morgan fingerprint density at radius 2 is 2.00 bits per heavy atom. The number of anilines is 2. The van der Waals surface area contributed by atoms with Crippen LogP contribution in [0.2, 0.25) is 5.15 Å². The van der Waals surface area contributed by atoms with Gasteiger partial charge in [0, 0.05) is 20.6 Å². The maximum Gasteiger partial charge on any atom is 0.410 e. The largest absolute Gasteiger partial charge is 0.444 e. The Bertz CT molecular complexity index is 984. The van der Waals surface area contributed by atoms with Gasteiger partial charge in [0.1, 0.15) is 22.8 Å². The zero-order valence-corrected chi connectivity index (χ0v) is 19.7. The van der Waals surface area contributed by atoms with Crippen LogP contribution in [0.25, 0.3) is 10.9 Å². The summed E-state index contributed by atoms with van der Waals surface area (Å²) >= 11 is 7.29. The lowest BCUT2D eigenvalue weighted by atomic mass is 10.2. The lowest BCUT2D eigenvalue weighted by molar-refractivity contribution is 0.0397. The zero-order valence-electron chi connectivity index (χ0n) is 18.1. The zero-order chi connectivity index (χ0) is 22.4. The van der Waals surface area contributed by atoms with Gasteiger partial charge in [-0.1, -0.05) is 23.4 Å². The molecule has 0 spiro atoms. The van der Waals surface area contributed by atoms with Crippen molar-refractivity contribution >= 4 is 52.0 Å². The van der Waals surface area contributed by atoms with Crippen molar-refractivity contribution in [1.29, 1.82) is 0 Å². The average Bonchev–Trinajstić information content (AvgIpc) is 3.30. The fourth-order valence-corrected chi connectivity index (χ4v) is 3.68. The molecule has 1 aliphatic rings. The first kappa shape index (κ1) is 22.6. The van der Waals surface area contributed by atoms with E-state index in [-0.39, 0.29) is 28.8 Å². The molecule has 3 rings (SSSR count). The van der Waals surface area contributed by atoms with Crippen LogP contribution in [0.4, 0.5) is 20.8 Å². The number of nitrogens with one attached hydrogen (secondary N) is 1. The first-order valence-electron chi connectivity index (χ1n) is 9.47. The number of carbonyl (C=O) groups excluding carboxylic acids is 1. The molecule has 2 atom stereocenters. The van der Waals surface area contributed by atoms with Gasteiger partial charge < -0.3 is 15.0 Å². The van der Waals surface area contributed by atoms with Gasteiger partial charge in [0.25, 0.3) is 0 Å². The molecule has 2 aromatic rings. The fraction of sp³-hybridized carbons (Fsp3) is 0.579. The Balaban J connectivity index is 1.91. The van der Waals surface area contributed by atoms with Crippen LogP contribution in [0.15, 0.2) is 5.16 Å². The van der Waals surface area contributed by atoms with Crippen molar-refractivity contribution in [3.63, 3.8) is 0 Å². The van der Waals surface area contributed by atoms with E-state index in [1.165, 1.54) is 11.8 Å². The van der Waals surface area contributed by atoms with Gasteiger partial charge in [0.05, 0.1) is 17.5 Å². The van der Waals surface area contributed by atoms with E-state index in [4.69, 9.17) is 16.3 Å². The van der Waals surface area contributed by atoms with Crippen molar-refractivity contribution in [2.24, 2.45) is 0 Å². The number of ether oxygens (including phenoxy) is 1. The maximum atomic E-state index is 14.7. The van der Waals surface area contributed by atoms with Crippen LogP contribution in [-0.4, -0.2) is 70.5 Å². The highest BCUT2D eigenvalue weighted by atomic mass is 35.5. The molecule has 2 aromatic heterocycles. The van der Waals surface area contributed by atoms with Gasteiger partial charge in [-0.25, -0.2) is 24.1 Å². The SMILES string of the molecule is CSc1nc(NCC2C(C)N2C(=O)OC(C)(C)C)c2c(N(C)C)nc(Cl)c(F)c2n1. The van der Waals surface area contributed by atoms with E-state index < -0.39 is 11.4 Å². The van der Waals surface area contributed by atoms with Crippen molar-refractivity contribution < 1.29 is 13.9 Å². The molecular formula is C19H26ClFN6O2S. The minimum absolute atomic E-state index is 0.0260. The predicted octanol–water partition coefficient (Wildman–Crippen LogP) is 4.02. The third kappa shape index (κ3) is 4.49. The monoisotopic (exact) mass is 456 g/mol. The number of fused-ring (bicyclic) bond motifs is 1.